The quantitative estimate of drug-likeness (QED) is 0.922. The predicted molar refractivity (Wildman–Crippen MR) is 70.5 cm³/mol. The van der Waals surface area contributed by atoms with Crippen molar-refractivity contribution in [3.63, 3.8) is 0 Å². The first-order chi connectivity index (χ1) is 8.19. The van der Waals surface area contributed by atoms with Crippen molar-refractivity contribution in [1.29, 1.82) is 0 Å². The molecular weight excluding hydrogens is 252 g/mol. The lowest BCUT2D eigenvalue weighted by Crippen LogP contribution is -2.13. The molecule has 1 unspecified atom stereocenters. The van der Waals surface area contributed by atoms with Crippen LogP contribution in [0.2, 0.25) is 0 Å². The molecule has 6 heteroatoms. The molecule has 17 heavy (non-hydrogen) atoms. The molecule has 0 fully saturated rings. The van der Waals surface area contributed by atoms with Gasteiger partial charge in [0.15, 0.2) is 4.34 Å². The molecular formula is C11H14N4S2. The molecule has 2 aromatic heterocycles. The zero-order chi connectivity index (χ0) is 12.3. The Bertz CT molecular complexity index is 480. The van der Waals surface area contributed by atoms with E-state index in [4.69, 9.17) is 0 Å². The molecule has 0 saturated carbocycles. The number of aryl methyl sites for hydroxylation is 1. The molecule has 0 aliphatic carbocycles. The van der Waals surface area contributed by atoms with Gasteiger partial charge >= 0.3 is 0 Å². The second kappa shape index (κ2) is 5.57. The van der Waals surface area contributed by atoms with Gasteiger partial charge in [-0.25, -0.2) is 0 Å². The Labute approximate surface area is 109 Å². The zero-order valence-corrected chi connectivity index (χ0v) is 11.6. The van der Waals surface area contributed by atoms with Crippen molar-refractivity contribution in [2.75, 3.05) is 7.05 Å². The van der Waals surface area contributed by atoms with Gasteiger partial charge in [-0.15, -0.1) is 10.2 Å². The third kappa shape index (κ3) is 3.24. The Morgan fingerprint density at radius 2 is 2.18 bits per heavy atom. The Morgan fingerprint density at radius 3 is 2.71 bits per heavy atom. The van der Waals surface area contributed by atoms with Gasteiger partial charge in [0.2, 0.25) is 0 Å². The van der Waals surface area contributed by atoms with E-state index in [1.807, 2.05) is 26.2 Å². The van der Waals surface area contributed by atoms with Gasteiger partial charge in [0.25, 0.3) is 0 Å². The molecule has 2 rings (SSSR count). The first-order valence-electron chi connectivity index (χ1n) is 5.30. The van der Waals surface area contributed by atoms with Crippen LogP contribution in [0, 0.1) is 6.92 Å². The lowest BCUT2D eigenvalue weighted by atomic mass is 10.2. The zero-order valence-electron chi connectivity index (χ0n) is 9.97. The van der Waals surface area contributed by atoms with Crippen LogP contribution in [0.25, 0.3) is 0 Å². The fourth-order valence-corrected chi connectivity index (χ4v) is 3.03. The van der Waals surface area contributed by atoms with Crippen molar-refractivity contribution in [3.05, 3.63) is 29.0 Å². The minimum Gasteiger partial charge on any atom is -0.312 e. The summed E-state index contributed by atoms with van der Waals surface area (Å²) in [5.74, 6) is 0. The summed E-state index contributed by atoms with van der Waals surface area (Å²) in [5, 5.41) is 12.2. The van der Waals surface area contributed by atoms with Crippen LogP contribution in [-0.4, -0.2) is 22.2 Å². The van der Waals surface area contributed by atoms with Gasteiger partial charge < -0.3 is 5.32 Å². The molecule has 0 radical (unpaired) electrons. The topological polar surface area (TPSA) is 50.7 Å². The molecule has 1 atom stereocenters. The second-order valence-electron chi connectivity index (χ2n) is 3.62. The van der Waals surface area contributed by atoms with Crippen LogP contribution in [0.5, 0.6) is 0 Å². The van der Waals surface area contributed by atoms with E-state index in [1.54, 1.807) is 23.1 Å². The lowest BCUT2D eigenvalue weighted by Gasteiger charge is -2.09. The van der Waals surface area contributed by atoms with Crippen molar-refractivity contribution >= 4 is 23.1 Å². The maximum atomic E-state index is 4.43. The average Bonchev–Trinajstić information content (AvgIpc) is 2.75. The molecule has 2 aromatic rings. The number of nitrogens with one attached hydrogen (secondary N) is 1. The number of hydrogen-bond acceptors (Lipinski definition) is 6. The highest BCUT2D eigenvalue weighted by atomic mass is 32.2. The van der Waals surface area contributed by atoms with Crippen molar-refractivity contribution in [3.8, 4) is 0 Å². The van der Waals surface area contributed by atoms with Gasteiger partial charge in [0.05, 0.1) is 5.69 Å². The van der Waals surface area contributed by atoms with E-state index < -0.39 is 0 Å². The maximum Gasteiger partial charge on any atom is 0.179 e. The van der Waals surface area contributed by atoms with E-state index in [0.717, 1.165) is 19.9 Å². The van der Waals surface area contributed by atoms with Crippen molar-refractivity contribution in [2.24, 2.45) is 0 Å². The Hall–Kier alpha value is -0.980. The fourth-order valence-electron chi connectivity index (χ4n) is 1.28. The van der Waals surface area contributed by atoms with Crippen LogP contribution in [0.3, 0.4) is 0 Å². The van der Waals surface area contributed by atoms with Crippen LogP contribution in [0.4, 0.5) is 0 Å². The van der Waals surface area contributed by atoms with Crippen LogP contribution < -0.4 is 5.32 Å². The minimum atomic E-state index is 0.276. The summed E-state index contributed by atoms with van der Waals surface area (Å²) < 4.78 is 0.957. The summed E-state index contributed by atoms with van der Waals surface area (Å²) >= 11 is 3.20. The molecule has 0 aliphatic heterocycles. The molecule has 1 N–H and O–H groups in total. The summed E-state index contributed by atoms with van der Waals surface area (Å²) in [6, 6.07) is 4.38. The third-order valence-electron chi connectivity index (χ3n) is 2.35. The van der Waals surface area contributed by atoms with Gasteiger partial charge in [-0.2, -0.15) is 0 Å². The normalized spacial score (nSPS) is 12.6. The van der Waals surface area contributed by atoms with Gasteiger partial charge in [-0.3, -0.25) is 4.98 Å². The molecule has 0 aliphatic rings. The van der Waals surface area contributed by atoms with Crippen LogP contribution >= 0.6 is 23.1 Å². The molecule has 0 saturated heterocycles. The Morgan fingerprint density at radius 1 is 1.35 bits per heavy atom. The molecule has 0 amide bonds. The van der Waals surface area contributed by atoms with Crippen molar-refractivity contribution in [1.82, 2.24) is 20.5 Å². The molecule has 0 spiro atoms. The summed E-state index contributed by atoms with van der Waals surface area (Å²) in [7, 11) is 1.93. The summed E-state index contributed by atoms with van der Waals surface area (Å²) in [6.45, 7) is 4.04. The predicted octanol–water partition coefficient (Wildman–Crippen LogP) is 2.67. The monoisotopic (exact) mass is 266 g/mol. The highest BCUT2D eigenvalue weighted by Gasteiger charge is 2.06. The highest BCUT2D eigenvalue weighted by molar-refractivity contribution is 8.01. The number of hydrogen-bond donors (Lipinski definition) is 1. The van der Waals surface area contributed by atoms with E-state index in [0.29, 0.717) is 0 Å². The van der Waals surface area contributed by atoms with Crippen LogP contribution in [-0.2, 0) is 0 Å². The van der Waals surface area contributed by atoms with Gasteiger partial charge in [-0.1, -0.05) is 23.1 Å². The van der Waals surface area contributed by atoms with Crippen LogP contribution in [0.1, 0.15) is 23.7 Å². The number of aromatic nitrogens is 3. The van der Waals surface area contributed by atoms with Gasteiger partial charge in [0.1, 0.15) is 5.01 Å². The largest absolute Gasteiger partial charge is 0.312 e. The Kier molecular flexibility index (Phi) is 4.09. The molecule has 2 heterocycles. The molecule has 0 bridgehead atoms. The third-order valence-corrected chi connectivity index (χ3v) is 4.22. The SMILES string of the molecule is CNC(C)c1ccc(Sc2nnc(C)s2)cn1. The number of nitrogens with zero attached hydrogens (tertiary/aromatic N) is 3. The highest BCUT2D eigenvalue weighted by Crippen LogP contribution is 2.29. The summed E-state index contributed by atoms with van der Waals surface area (Å²) in [6.07, 6.45) is 1.88. The second-order valence-corrected chi connectivity index (χ2v) is 6.12. The number of rotatable bonds is 4. The standard InChI is InChI=1S/C11H14N4S2/c1-7(12-3)10-5-4-9(6-13-10)17-11-15-14-8(2)16-11/h4-7,12H,1-3H3. The van der Waals surface area contributed by atoms with Crippen LogP contribution in [0.15, 0.2) is 27.6 Å². The van der Waals surface area contributed by atoms with Gasteiger partial charge in [-0.05, 0) is 33.0 Å². The molecule has 0 aromatic carbocycles. The smallest absolute Gasteiger partial charge is 0.179 e. The van der Waals surface area contributed by atoms with E-state index >= 15 is 0 Å². The van der Waals surface area contributed by atoms with Gasteiger partial charge in [0, 0.05) is 17.1 Å². The first-order valence-corrected chi connectivity index (χ1v) is 6.93. The first kappa shape index (κ1) is 12.5. The molecule has 90 valence electrons. The summed E-state index contributed by atoms with van der Waals surface area (Å²) in [5.41, 5.74) is 1.05. The van der Waals surface area contributed by atoms with E-state index in [-0.39, 0.29) is 6.04 Å². The summed E-state index contributed by atoms with van der Waals surface area (Å²) in [4.78, 5) is 5.52. The minimum absolute atomic E-state index is 0.276. The average molecular weight is 266 g/mol. The van der Waals surface area contributed by atoms with E-state index in [9.17, 15) is 0 Å². The van der Waals surface area contributed by atoms with E-state index in [2.05, 4.69) is 33.5 Å². The number of pyridine rings is 1. The fraction of sp³-hybridized carbons (Fsp3) is 0.364. The lowest BCUT2D eigenvalue weighted by molar-refractivity contribution is 0.631. The van der Waals surface area contributed by atoms with E-state index in [1.165, 1.54) is 0 Å². The Balaban J connectivity index is 2.08. The van der Waals surface area contributed by atoms with Crippen molar-refractivity contribution < 1.29 is 0 Å². The molecule has 4 nitrogen and oxygen atoms in total. The maximum absolute atomic E-state index is 4.43. The van der Waals surface area contributed by atoms with Crippen molar-refractivity contribution in [2.45, 2.75) is 29.1 Å².